The minimum atomic E-state index is 0.673. The van der Waals surface area contributed by atoms with Crippen molar-refractivity contribution in [2.24, 2.45) is 0 Å². The largest absolute Gasteiger partial charge is 0.398 e. The van der Waals surface area contributed by atoms with E-state index in [0.717, 1.165) is 23.0 Å². The fourth-order valence-electron chi connectivity index (χ4n) is 2.52. The molecule has 0 atom stereocenters. The second kappa shape index (κ2) is 6.28. The number of hydrogen-bond acceptors (Lipinski definition) is 3. The van der Waals surface area contributed by atoms with Gasteiger partial charge in [-0.25, -0.2) is 4.98 Å². The van der Waals surface area contributed by atoms with Gasteiger partial charge in [0.15, 0.2) is 0 Å². The monoisotopic (exact) mass is 309 g/mol. The van der Waals surface area contributed by atoms with Crippen molar-refractivity contribution in [2.45, 2.75) is 26.2 Å². The Kier molecular flexibility index (Phi) is 4.20. The number of para-hydroxylation sites is 2. The van der Waals surface area contributed by atoms with Gasteiger partial charge < -0.3 is 10.7 Å². The Bertz CT molecular complexity index is 787. The second-order valence-corrected chi connectivity index (χ2v) is 5.87. The molecular formula is C18H19N3S. The van der Waals surface area contributed by atoms with Crippen LogP contribution < -0.4 is 5.73 Å². The minimum Gasteiger partial charge on any atom is -0.398 e. The quantitative estimate of drug-likeness (QED) is 0.421. The number of aromatic amines is 1. The lowest BCUT2D eigenvalue weighted by molar-refractivity contribution is 0.795. The van der Waals surface area contributed by atoms with E-state index in [1.54, 1.807) is 0 Å². The number of rotatable bonds is 5. The van der Waals surface area contributed by atoms with Crippen molar-refractivity contribution in [3.05, 3.63) is 59.4 Å². The summed E-state index contributed by atoms with van der Waals surface area (Å²) in [5.41, 5.74) is 10.9. The van der Waals surface area contributed by atoms with E-state index in [2.05, 4.69) is 29.0 Å². The number of unbranched alkanes of at least 4 members (excludes halogenated alkanes) is 1. The molecule has 3 rings (SSSR count). The molecule has 3 N–H and O–H groups in total. The molecule has 0 aliphatic carbocycles. The number of nitrogens with zero attached hydrogens (tertiary/aromatic N) is 1. The number of aromatic nitrogens is 2. The Morgan fingerprint density at radius 3 is 2.82 bits per heavy atom. The Morgan fingerprint density at radius 2 is 2.05 bits per heavy atom. The van der Waals surface area contributed by atoms with Crippen molar-refractivity contribution in [1.29, 1.82) is 0 Å². The molecule has 0 radical (unpaired) electrons. The van der Waals surface area contributed by atoms with E-state index in [1.807, 2.05) is 30.3 Å². The molecule has 4 heteroatoms. The first-order chi connectivity index (χ1) is 10.7. The van der Waals surface area contributed by atoms with Crippen LogP contribution in [-0.2, 0) is 6.42 Å². The average molecular weight is 309 g/mol. The fraction of sp³-hybridized carbons (Fsp3) is 0.222. The van der Waals surface area contributed by atoms with Crippen LogP contribution in [0.5, 0.6) is 0 Å². The first kappa shape index (κ1) is 14.7. The number of nitrogen functional groups attached to an aromatic ring is 1. The number of imidazole rings is 1. The van der Waals surface area contributed by atoms with Gasteiger partial charge in [0.1, 0.15) is 5.82 Å². The molecule has 0 saturated heterocycles. The molecule has 0 unspecified atom stereocenters. The van der Waals surface area contributed by atoms with Crippen LogP contribution in [-0.4, -0.2) is 14.8 Å². The predicted octanol–water partition coefficient (Wildman–Crippen LogP) is 4.25. The molecule has 2 aromatic carbocycles. The van der Waals surface area contributed by atoms with Gasteiger partial charge >= 0.3 is 0 Å². The van der Waals surface area contributed by atoms with Crippen molar-refractivity contribution >= 4 is 33.8 Å². The first-order valence-corrected chi connectivity index (χ1v) is 7.97. The topological polar surface area (TPSA) is 54.7 Å². The van der Waals surface area contributed by atoms with Crippen LogP contribution in [0, 0.1) is 0 Å². The molecule has 22 heavy (non-hydrogen) atoms. The summed E-state index contributed by atoms with van der Waals surface area (Å²) in [4.78, 5) is 8.52. The molecule has 1 heterocycles. The van der Waals surface area contributed by atoms with Gasteiger partial charge in [0, 0.05) is 11.3 Å². The Hall–Kier alpha value is -2.20. The van der Waals surface area contributed by atoms with Gasteiger partial charge in [-0.05, 0) is 42.7 Å². The summed E-state index contributed by atoms with van der Waals surface area (Å²) in [6, 6.07) is 14.0. The van der Waals surface area contributed by atoms with Gasteiger partial charge in [-0.1, -0.05) is 43.8 Å². The molecule has 1 aromatic heterocycles. The third-order valence-electron chi connectivity index (χ3n) is 3.79. The molecule has 0 saturated carbocycles. The molecule has 0 spiro atoms. The summed E-state index contributed by atoms with van der Waals surface area (Å²) in [6.07, 6.45) is 3.39. The highest BCUT2D eigenvalue weighted by molar-refractivity contribution is 7.81. The summed E-state index contributed by atoms with van der Waals surface area (Å²) in [6.45, 7) is 2.19. The molecule has 0 amide bonds. The van der Waals surface area contributed by atoms with Crippen LogP contribution in [0.2, 0.25) is 0 Å². The van der Waals surface area contributed by atoms with Gasteiger partial charge in [0.25, 0.3) is 0 Å². The molecule has 0 aliphatic heterocycles. The number of aryl methyl sites for hydroxylation is 1. The first-order valence-electron chi connectivity index (χ1n) is 7.57. The molecule has 0 aliphatic rings. The highest BCUT2D eigenvalue weighted by Crippen LogP contribution is 2.21. The van der Waals surface area contributed by atoms with E-state index in [-0.39, 0.29) is 0 Å². The standard InChI is InChI=1S/C18H19N3S/c1-2-3-6-12-9-10-14(19)13(11-12)17(22)18-20-15-7-4-5-8-16(15)21-18/h4-5,7-11H,2-3,6,19H2,1H3,(H,20,21). The maximum atomic E-state index is 6.12. The van der Waals surface area contributed by atoms with E-state index in [0.29, 0.717) is 16.4 Å². The second-order valence-electron chi connectivity index (χ2n) is 5.46. The molecule has 3 nitrogen and oxygen atoms in total. The van der Waals surface area contributed by atoms with Crippen LogP contribution in [0.1, 0.15) is 36.7 Å². The minimum absolute atomic E-state index is 0.673. The maximum absolute atomic E-state index is 6.12. The number of H-pyrrole nitrogens is 1. The van der Waals surface area contributed by atoms with Crippen LogP contribution in [0.4, 0.5) is 5.69 Å². The van der Waals surface area contributed by atoms with E-state index in [9.17, 15) is 0 Å². The van der Waals surface area contributed by atoms with Gasteiger partial charge in [-0.3, -0.25) is 0 Å². The van der Waals surface area contributed by atoms with Crippen molar-refractivity contribution in [3.63, 3.8) is 0 Å². The third kappa shape index (κ3) is 2.88. The molecule has 112 valence electrons. The Labute approximate surface area is 135 Å². The van der Waals surface area contributed by atoms with Crippen molar-refractivity contribution in [1.82, 2.24) is 9.97 Å². The van der Waals surface area contributed by atoms with Crippen molar-refractivity contribution in [2.75, 3.05) is 5.73 Å². The lowest BCUT2D eigenvalue weighted by atomic mass is 10.0. The molecule has 3 aromatic rings. The lowest BCUT2D eigenvalue weighted by Crippen LogP contribution is -2.07. The van der Waals surface area contributed by atoms with Crippen LogP contribution in [0.3, 0.4) is 0 Å². The molecule has 0 bridgehead atoms. The van der Waals surface area contributed by atoms with Crippen LogP contribution in [0.25, 0.3) is 11.0 Å². The van der Waals surface area contributed by atoms with Crippen LogP contribution >= 0.6 is 12.2 Å². The smallest absolute Gasteiger partial charge is 0.150 e. The fourth-order valence-corrected chi connectivity index (χ4v) is 2.80. The summed E-state index contributed by atoms with van der Waals surface area (Å²) in [7, 11) is 0. The highest BCUT2D eigenvalue weighted by atomic mass is 32.1. The van der Waals surface area contributed by atoms with E-state index >= 15 is 0 Å². The molecular weight excluding hydrogens is 290 g/mol. The number of thiocarbonyl (C=S) groups is 1. The number of nitrogens with two attached hydrogens (primary N) is 1. The summed E-state index contributed by atoms with van der Waals surface area (Å²) in [5.74, 6) is 0.704. The number of anilines is 1. The summed E-state index contributed by atoms with van der Waals surface area (Å²) >= 11 is 5.61. The average Bonchev–Trinajstić information content (AvgIpc) is 2.97. The molecule has 0 fully saturated rings. The zero-order valence-corrected chi connectivity index (χ0v) is 13.4. The van der Waals surface area contributed by atoms with Crippen LogP contribution in [0.15, 0.2) is 42.5 Å². The third-order valence-corrected chi connectivity index (χ3v) is 4.20. The highest BCUT2D eigenvalue weighted by Gasteiger charge is 2.13. The number of fused-ring (bicyclic) bond motifs is 1. The normalized spacial score (nSPS) is 11.0. The summed E-state index contributed by atoms with van der Waals surface area (Å²) < 4.78 is 0. The van der Waals surface area contributed by atoms with Gasteiger partial charge in [-0.2, -0.15) is 0 Å². The lowest BCUT2D eigenvalue weighted by Gasteiger charge is -2.08. The maximum Gasteiger partial charge on any atom is 0.150 e. The zero-order valence-electron chi connectivity index (χ0n) is 12.6. The van der Waals surface area contributed by atoms with Crippen molar-refractivity contribution < 1.29 is 0 Å². The van der Waals surface area contributed by atoms with Gasteiger partial charge in [0.05, 0.1) is 15.9 Å². The van der Waals surface area contributed by atoms with Crippen molar-refractivity contribution in [3.8, 4) is 0 Å². The van der Waals surface area contributed by atoms with Gasteiger partial charge in [0.2, 0.25) is 0 Å². The van der Waals surface area contributed by atoms with E-state index in [1.165, 1.54) is 18.4 Å². The number of benzene rings is 2. The zero-order chi connectivity index (χ0) is 15.5. The van der Waals surface area contributed by atoms with E-state index < -0.39 is 0 Å². The predicted molar refractivity (Wildman–Crippen MR) is 96.4 cm³/mol. The Morgan fingerprint density at radius 1 is 1.23 bits per heavy atom. The summed E-state index contributed by atoms with van der Waals surface area (Å²) in [5, 5.41) is 0. The Balaban J connectivity index is 1.96. The number of nitrogens with one attached hydrogen (secondary N) is 1. The van der Waals surface area contributed by atoms with Gasteiger partial charge in [-0.15, -0.1) is 0 Å². The number of hydrogen-bond donors (Lipinski definition) is 2. The van der Waals surface area contributed by atoms with E-state index in [4.69, 9.17) is 18.0 Å². The SMILES string of the molecule is CCCCc1ccc(N)c(C(=S)c2nc3ccccc3[nH]2)c1.